The number of rotatable bonds is 6. The summed E-state index contributed by atoms with van der Waals surface area (Å²) in [4.78, 5) is 10.2. The number of likely N-dealkylation sites (N-methyl/N-ethyl adjacent to an activating group) is 1. The monoisotopic (exact) mass is 248 g/mol. The largest absolute Gasteiger partial charge is 0.314 e. The van der Waals surface area contributed by atoms with Crippen LogP contribution in [0.15, 0.2) is 24.3 Å². The van der Waals surface area contributed by atoms with Crippen molar-refractivity contribution in [3.63, 3.8) is 0 Å². The van der Waals surface area contributed by atoms with Crippen LogP contribution in [0, 0.1) is 22.0 Å². The first kappa shape index (κ1) is 13.0. The van der Waals surface area contributed by atoms with Crippen LogP contribution in [0.1, 0.15) is 25.8 Å². The van der Waals surface area contributed by atoms with Crippen molar-refractivity contribution in [2.75, 3.05) is 6.54 Å². The smallest absolute Gasteiger partial charge is 0.269 e. The number of nitro benzene ring substituents is 1. The van der Waals surface area contributed by atoms with E-state index in [0.717, 1.165) is 24.8 Å². The highest BCUT2D eigenvalue weighted by Crippen LogP contribution is 2.41. The highest BCUT2D eigenvalue weighted by Gasteiger charge is 2.38. The van der Waals surface area contributed by atoms with E-state index in [1.807, 2.05) is 12.1 Å². The lowest BCUT2D eigenvalue weighted by molar-refractivity contribution is -0.384. The predicted octanol–water partition coefficient (Wildman–Crippen LogP) is 2.77. The number of benzene rings is 1. The Hall–Kier alpha value is -1.42. The molecule has 0 saturated heterocycles. The normalized spacial score (nSPS) is 23.7. The van der Waals surface area contributed by atoms with Gasteiger partial charge in [0, 0.05) is 18.2 Å². The second kappa shape index (κ2) is 5.48. The Kier molecular flexibility index (Phi) is 3.97. The summed E-state index contributed by atoms with van der Waals surface area (Å²) in [5.74, 6) is 1.58. The molecule has 0 heterocycles. The number of nitro groups is 1. The Morgan fingerprint density at radius 3 is 2.50 bits per heavy atom. The molecule has 1 saturated carbocycles. The molecule has 1 aromatic carbocycles. The molecular formula is C14H20N2O2. The highest BCUT2D eigenvalue weighted by molar-refractivity contribution is 5.33. The van der Waals surface area contributed by atoms with E-state index in [1.54, 1.807) is 12.1 Å². The Labute approximate surface area is 108 Å². The number of non-ortho nitro benzene ring substituents is 1. The summed E-state index contributed by atoms with van der Waals surface area (Å²) < 4.78 is 0. The summed E-state index contributed by atoms with van der Waals surface area (Å²) in [6.07, 6.45) is 2.26. The van der Waals surface area contributed by atoms with Crippen LogP contribution in [0.2, 0.25) is 0 Å². The molecule has 1 aromatic rings. The average Bonchev–Trinajstić information content (AvgIpc) is 3.06. The second-order valence-electron chi connectivity index (χ2n) is 5.17. The molecule has 0 aromatic heterocycles. The van der Waals surface area contributed by atoms with Gasteiger partial charge in [-0.25, -0.2) is 0 Å². The first-order valence-corrected chi connectivity index (χ1v) is 6.58. The minimum Gasteiger partial charge on any atom is -0.314 e. The van der Waals surface area contributed by atoms with Gasteiger partial charge in [-0.15, -0.1) is 0 Å². The van der Waals surface area contributed by atoms with Gasteiger partial charge in [-0.1, -0.05) is 26.0 Å². The fourth-order valence-electron chi connectivity index (χ4n) is 2.56. The first-order valence-electron chi connectivity index (χ1n) is 6.58. The summed E-state index contributed by atoms with van der Waals surface area (Å²) in [6.45, 7) is 5.38. The van der Waals surface area contributed by atoms with E-state index in [2.05, 4.69) is 19.2 Å². The molecule has 0 aliphatic heterocycles. The van der Waals surface area contributed by atoms with E-state index >= 15 is 0 Å². The van der Waals surface area contributed by atoms with Gasteiger partial charge >= 0.3 is 0 Å². The minimum absolute atomic E-state index is 0.165. The molecule has 2 rings (SSSR count). The molecule has 98 valence electrons. The summed E-state index contributed by atoms with van der Waals surface area (Å²) >= 11 is 0. The van der Waals surface area contributed by atoms with Gasteiger partial charge in [0.15, 0.2) is 0 Å². The zero-order chi connectivity index (χ0) is 13.1. The zero-order valence-corrected chi connectivity index (χ0v) is 10.9. The van der Waals surface area contributed by atoms with Gasteiger partial charge in [-0.3, -0.25) is 10.1 Å². The van der Waals surface area contributed by atoms with Crippen molar-refractivity contribution in [1.29, 1.82) is 0 Å². The molecule has 1 aliphatic carbocycles. The lowest BCUT2D eigenvalue weighted by Crippen LogP contribution is -2.33. The fourth-order valence-corrected chi connectivity index (χ4v) is 2.56. The van der Waals surface area contributed by atoms with Crippen molar-refractivity contribution in [2.45, 2.75) is 32.7 Å². The first-order chi connectivity index (χ1) is 8.61. The maximum atomic E-state index is 10.6. The van der Waals surface area contributed by atoms with E-state index in [0.29, 0.717) is 6.04 Å². The van der Waals surface area contributed by atoms with Gasteiger partial charge in [-0.2, -0.15) is 0 Å². The van der Waals surface area contributed by atoms with Crippen molar-refractivity contribution in [3.05, 3.63) is 39.9 Å². The van der Waals surface area contributed by atoms with E-state index in [9.17, 15) is 10.1 Å². The zero-order valence-electron chi connectivity index (χ0n) is 10.9. The van der Waals surface area contributed by atoms with Gasteiger partial charge < -0.3 is 5.32 Å². The van der Waals surface area contributed by atoms with Crippen LogP contribution in [0.5, 0.6) is 0 Å². The molecule has 18 heavy (non-hydrogen) atoms. The number of hydrogen-bond donors (Lipinski definition) is 1. The summed E-state index contributed by atoms with van der Waals surface area (Å²) in [5, 5.41) is 14.1. The highest BCUT2D eigenvalue weighted by atomic mass is 16.6. The lowest BCUT2D eigenvalue weighted by Gasteiger charge is -2.17. The Balaban J connectivity index is 2.00. The van der Waals surface area contributed by atoms with Gasteiger partial charge in [0.2, 0.25) is 0 Å². The number of nitrogens with zero attached hydrogens (tertiary/aromatic N) is 1. The number of nitrogens with one attached hydrogen (secondary N) is 1. The van der Waals surface area contributed by atoms with Crippen LogP contribution < -0.4 is 5.32 Å². The second-order valence-corrected chi connectivity index (χ2v) is 5.17. The minimum atomic E-state index is -0.353. The van der Waals surface area contributed by atoms with E-state index < -0.39 is 0 Å². The van der Waals surface area contributed by atoms with Crippen LogP contribution >= 0.6 is 0 Å². The Morgan fingerprint density at radius 1 is 1.44 bits per heavy atom. The third kappa shape index (κ3) is 3.07. The molecular weight excluding hydrogens is 228 g/mol. The van der Waals surface area contributed by atoms with Crippen LogP contribution in [0.3, 0.4) is 0 Å². The van der Waals surface area contributed by atoms with Crippen LogP contribution in [0.4, 0.5) is 5.69 Å². The van der Waals surface area contributed by atoms with E-state index in [1.165, 1.54) is 12.0 Å². The topological polar surface area (TPSA) is 55.2 Å². The Morgan fingerprint density at radius 2 is 2.06 bits per heavy atom. The summed E-state index contributed by atoms with van der Waals surface area (Å²) in [6, 6.07) is 7.43. The fraction of sp³-hybridized carbons (Fsp3) is 0.571. The van der Waals surface area contributed by atoms with Crippen molar-refractivity contribution in [2.24, 2.45) is 11.8 Å². The van der Waals surface area contributed by atoms with Crippen LogP contribution in [-0.2, 0) is 6.42 Å². The van der Waals surface area contributed by atoms with E-state index in [-0.39, 0.29) is 10.6 Å². The SMILES string of the molecule is CCNC(Cc1ccc([N+](=O)[O-])cc1)C1CC1C. The van der Waals surface area contributed by atoms with Crippen molar-refractivity contribution in [1.82, 2.24) is 5.32 Å². The van der Waals surface area contributed by atoms with Gasteiger partial charge in [0.25, 0.3) is 5.69 Å². The summed E-state index contributed by atoms with van der Waals surface area (Å²) in [5.41, 5.74) is 1.34. The maximum absolute atomic E-state index is 10.6. The third-order valence-electron chi connectivity index (χ3n) is 3.76. The lowest BCUT2D eigenvalue weighted by atomic mass is 10.0. The number of hydrogen-bond acceptors (Lipinski definition) is 3. The van der Waals surface area contributed by atoms with E-state index in [4.69, 9.17) is 0 Å². The molecule has 0 radical (unpaired) electrons. The molecule has 1 fully saturated rings. The van der Waals surface area contributed by atoms with Gasteiger partial charge in [0.1, 0.15) is 0 Å². The van der Waals surface area contributed by atoms with Crippen molar-refractivity contribution < 1.29 is 4.92 Å². The molecule has 1 aliphatic rings. The van der Waals surface area contributed by atoms with Crippen molar-refractivity contribution in [3.8, 4) is 0 Å². The quantitative estimate of drug-likeness (QED) is 0.622. The molecule has 0 spiro atoms. The average molecular weight is 248 g/mol. The maximum Gasteiger partial charge on any atom is 0.269 e. The predicted molar refractivity (Wildman–Crippen MR) is 71.5 cm³/mol. The molecule has 0 amide bonds. The standard InChI is InChI=1S/C14H20N2O2/c1-3-15-14(13-8-10(13)2)9-11-4-6-12(7-5-11)16(17)18/h4-7,10,13-15H,3,8-9H2,1-2H3. The molecule has 3 atom stereocenters. The van der Waals surface area contributed by atoms with Crippen molar-refractivity contribution >= 4 is 5.69 Å². The molecule has 1 N–H and O–H groups in total. The third-order valence-corrected chi connectivity index (χ3v) is 3.76. The van der Waals surface area contributed by atoms with Gasteiger partial charge in [0.05, 0.1) is 4.92 Å². The van der Waals surface area contributed by atoms with Crippen LogP contribution in [-0.4, -0.2) is 17.5 Å². The molecule has 4 nitrogen and oxygen atoms in total. The van der Waals surface area contributed by atoms with Gasteiger partial charge in [-0.05, 0) is 36.8 Å². The molecule has 0 bridgehead atoms. The van der Waals surface area contributed by atoms with Crippen LogP contribution in [0.25, 0.3) is 0 Å². The Bertz CT molecular complexity index is 416. The molecule has 4 heteroatoms. The summed E-state index contributed by atoms with van der Waals surface area (Å²) in [7, 11) is 0. The molecule has 3 unspecified atom stereocenters.